The predicted molar refractivity (Wildman–Crippen MR) is 417 cm³/mol. The lowest BCUT2D eigenvalue weighted by atomic mass is 10.0. The second kappa shape index (κ2) is 73.5. The van der Waals surface area contributed by atoms with Gasteiger partial charge in [0.05, 0.1) is 32.8 Å². The number of aliphatic hydroxyl groups is 1. The van der Waals surface area contributed by atoms with Gasteiger partial charge in [0.15, 0.2) is 12.2 Å². The van der Waals surface area contributed by atoms with Crippen LogP contribution in [0.2, 0.25) is 0 Å². The second-order valence-corrected chi connectivity index (χ2v) is 27.4. The Morgan fingerprint density at radius 2 is 0.569 bits per heavy atom. The Balaban J connectivity index is 5.53. The maximum Gasteiger partial charge on any atom is 0.472 e. The third-order valence-electron chi connectivity index (χ3n) is 14.9. The summed E-state index contributed by atoms with van der Waals surface area (Å²) in [7, 11) is -10.0. The maximum absolute atomic E-state index is 13.1. The molecule has 0 saturated carbocycles. The summed E-state index contributed by atoms with van der Waals surface area (Å²) in [5.41, 5.74) is 0. The van der Waals surface area contributed by atoms with Crippen LogP contribution in [0.1, 0.15) is 259 Å². The van der Waals surface area contributed by atoms with Crippen LogP contribution >= 0.6 is 15.6 Å². The van der Waals surface area contributed by atoms with Crippen molar-refractivity contribution in [3.63, 3.8) is 0 Å². The molecule has 3 N–H and O–H groups in total. The van der Waals surface area contributed by atoms with E-state index in [2.05, 4.69) is 167 Å². The Morgan fingerprint density at radius 3 is 0.931 bits per heavy atom. The molecule has 0 aromatic carbocycles. The first-order valence-corrected chi connectivity index (χ1v) is 41.0. The van der Waals surface area contributed by atoms with Crippen molar-refractivity contribution in [2.24, 2.45) is 0 Å². The zero-order valence-electron chi connectivity index (χ0n) is 62.7. The van der Waals surface area contributed by atoms with Gasteiger partial charge in [-0.25, -0.2) is 9.13 Å². The number of esters is 4. The number of allylic oxidation sites excluding steroid dienone is 29. The van der Waals surface area contributed by atoms with E-state index in [4.69, 9.17) is 37.0 Å². The maximum atomic E-state index is 13.1. The van der Waals surface area contributed by atoms with Crippen LogP contribution in [0.15, 0.2) is 182 Å². The number of unbranched alkanes of at least 4 members (excludes halogenated alkanes) is 14. The van der Waals surface area contributed by atoms with Gasteiger partial charge in [0.25, 0.3) is 0 Å². The zero-order valence-corrected chi connectivity index (χ0v) is 64.5. The van der Waals surface area contributed by atoms with Crippen LogP contribution in [0, 0.1) is 0 Å². The molecule has 0 aliphatic carbocycles. The fraction of sp³-hybridized carbons (Fsp3) is 0.590. The monoisotopic (exact) mass is 1460 g/mol. The van der Waals surface area contributed by atoms with Crippen molar-refractivity contribution in [3.8, 4) is 0 Å². The van der Waals surface area contributed by atoms with Crippen LogP contribution in [0.3, 0.4) is 0 Å². The van der Waals surface area contributed by atoms with Gasteiger partial charge in [-0.15, -0.1) is 0 Å². The SMILES string of the molecule is CC/C=C\C/C=C\C/C=C\C/C=C\C/C=C\C/C=C\CCC(=O)OCC(COP(=O)(O)OCC(O)COP(=O)(O)OCC(COC(=O)CCCC/C=C\C/C=C\C/C=C\C/C=C\CC)OC(=O)CCCCCCCCCCCCCCC)OC(=O)C/C=C\C/C=C\C/C=C\C/C=C\C/C=C\CC. The Kier molecular flexibility index (Phi) is 69.3. The number of carbonyl (C=O) groups excluding carboxylic acids is 4. The quantitative estimate of drug-likeness (QED) is 0.0169. The molecule has 0 aromatic heterocycles. The number of ether oxygens (including phenoxy) is 4. The molecule has 19 heteroatoms. The van der Waals surface area contributed by atoms with Crippen molar-refractivity contribution in [3.05, 3.63) is 182 Å². The van der Waals surface area contributed by atoms with E-state index in [1.165, 1.54) is 51.4 Å². The van der Waals surface area contributed by atoms with Crippen LogP contribution < -0.4 is 0 Å². The highest BCUT2D eigenvalue weighted by Gasteiger charge is 2.30. The summed E-state index contributed by atoms with van der Waals surface area (Å²) in [5, 5.41) is 10.6. The van der Waals surface area contributed by atoms with E-state index >= 15 is 0 Å². The first-order chi connectivity index (χ1) is 49.7. The van der Waals surface area contributed by atoms with Gasteiger partial charge in [0.2, 0.25) is 0 Å². The van der Waals surface area contributed by atoms with E-state index in [1.54, 1.807) is 12.2 Å². The number of rotatable bonds is 69. The van der Waals surface area contributed by atoms with Gasteiger partial charge >= 0.3 is 39.5 Å². The molecule has 102 heavy (non-hydrogen) atoms. The molecule has 576 valence electrons. The van der Waals surface area contributed by atoms with Crippen molar-refractivity contribution in [2.75, 3.05) is 39.6 Å². The number of phosphoric acid groups is 2. The van der Waals surface area contributed by atoms with Crippen LogP contribution in [-0.4, -0.2) is 96.7 Å². The minimum Gasteiger partial charge on any atom is -0.462 e. The number of carbonyl (C=O) groups is 4. The van der Waals surface area contributed by atoms with Crippen LogP contribution in [-0.2, 0) is 65.4 Å². The fourth-order valence-electron chi connectivity index (χ4n) is 9.25. The number of phosphoric ester groups is 2. The minimum absolute atomic E-state index is 0.00902. The third-order valence-corrected chi connectivity index (χ3v) is 16.8. The molecule has 5 unspecified atom stereocenters. The molecule has 17 nitrogen and oxygen atoms in total. The summed E-state index contributed by atoms with van der Waals surface area (Å²) in [5.74, 6) is -2.49. The van der Waals surface area contributed by atoms with Crippen molar-refractivity contribution in [1.29, 1.82) is 0 Å². The molecule has 0 aromatic rings. The summed E-state index contributed by atoms with van der Waals surface area (Å²) in [6.45, 7) is 4.25. The average Bonchev–Trinajstić information content (AvgIpc) is 0.924. The number of hydrogen-bond donors (Lipinski definition) is 3. The third kappa shape index (κ3) is 72.5. The molecule has 0 saturated heterocycles. The molecular formula is C83H132O17P2. The lowest BCUT2D eigenvalue weighted by Crippen LogP contribution is -2.30. The van der Waals surface area contributed by atoms with E-state index in [0.717, 1.165) is 122 Å². The summed E-state index contributed by atoms with van der Waals surface area (Å²) >= 11 is 0. The smallest absolute Gasteiger partial charge is 0.462 e. The summed E-state index contributed by atoms with van der Waals surface area (Å²) in [6, 6.07) is 0. The van der Waals surface area contributed by atoms with E-state index in [1.807, 2.05) is 30.4 Å². The molecule has 0 fully saturated rings. The molecule has 0 aliphatic rings. The molecular weight excluding hydrogens is 1330 g/mol. The lowest BCUT2D eigenvalue weighted by Gasteiger charge is -2.21. The minimum atomic E-state index is -5.03. The highest BCUT2D eigenvalue weighted by Crippen LogP contribution is 2.45. The van der Waals surface area contributed by atoms with Crippen molar-refractivity contribution >= 4 is 39.5 Å². The van der Waals surface area contributed by atoms with Crippen LogP contribution in [0.4, 0.5) is 0 Å². The molecule has 0 aliphatic heterocycles. The highest BCUT2D eigenvalue weighted by atomic mass is 31.2. The van der Waals surface area contributed by atoms with E-state index < -0.39 is 97.5 Å². The van der Waals surface area contributed by atoms with E-state index in [0.29, 0.717) is 32.1 Å². The largest absolute Gasteiger partial charge is 0.472 e. The Morgan fingerprint density at radius 1 is 0.294 bits per heavy atom. The van der Waals surface area contributed by atoms with Crippen molar-refractivity contribution in [2.45, 2.75) is 277 Å². The fourth-order valence-corrected chi connectivity index (χ4v) is 10.8. The Hall–Kier alpha value is -5.84. The Labute approximate surface area is 615 Å². The van der Waals surface area contributed by atoms with Crippen molar-refractivity contribution in [1.82, 2.24) is 0 Å². The van der Waals surface area contributed by atoms with Gasteiger partial charge in [0, 0.05) is 19.3 Å². The molecule has 0 heterocycles. The zero-order chi connectivity index (χ0) is 74.6. The van der Waals surface area contributed by atoms with Crippen molar-refractivity contribution < 1.29 is 80.2 Å². The highest BCUT2D eigenvalue weighted by molar-refractivity contribution is 7.47. The van der Waals surface area contributed by atoms with E-state index in [9.17, 15) is 43.2 Å². The molecule has 0 rings (SSSR count). The lowest BCUT2D eigenvalue weighted by molar-refractivity contribution is -0.161. The van der Waals surface area contributed by atoms with Gasteiger partial charge in [-0.05, 0) is 128 Å². The summed E-state index contributed by atoms with van der Waals surface area (Å²) in [6.07, 6.45) is 88.0. The van der Waals surface area contributed by atoms with Gasteiger partial charge < -0.3 is 33.8 Å². The standard InChI is InChI=1S/C83H132O17P2/c1-5-9-13-17-21-25-29-33-36-37-38-39-42-45-48-52-56-60-64-68-81(86)94-74-79(100-83(88)70-66-62-58-54-50-46-41-35-31-27-23-19-15-11-7-3)76-98-102(91,92)96-72-77(84)71-95-101(89,90)97-75-78(99-82(87)69-65-61-57-53-49-43-32-28-24-20-16-12-8-4)73-93-80(85)67-63-59-55-51-47-44-40-34-30-26-22-18-14-10-6-2/h9-11,13-15,21-23,25-27,33-36,38-41,45,47-48,50-51,54,56,60,62,66,77-79,84H,5-8,12,16-20,24,28-32,37,42-44,46,49,52-53,55,57-59,61,63-65,67-76H2,1-4H3,(H,89,90)(H,91,92)/b13-9-,14-10-,15-11-,25-21-,26-22-,27-23-,36-33-,39-38-,40-34-,41-35-,48-45-,51-47-,54-50-,60-56-,66-62-. The topological polar surface area (TPSA) is 237 Å². The second-order valence-electron chi connectivity index (χ2n) is 24.5. The number of hydrogen-bond acceptors (Lipinski definition) is 15. The number of aliphatic hydroxyl groups excluding tert-OH is 1. The summed E-state index contributed by atoms with van der Waals surface area (Å²) in [4.78, 5) is 72.8. The first kappa shape index (κ1) is 96.2. The van der Waals surface area contributed by atoms with E-state index in [-0.39, 0.29) is 25.7 Å². The molecule has 5 atom stereocenters. The molecule has 0 radical (unpaired) electrons. The van der Waals surface area contributed by atoms with Gasteiger partial charge in [0.1, 0.15) is 19.3 Å². The first-order valence-electron chi connectivity index (χ1n) is 38.0. The van der Waals surface area contributed by atoms with Gasteiger partial charge in [-0.1, -0.05) is 287 Å². The van der Waals surface area contributed by atoms with Gasteiger partial charge in [-0.3, -0.25) is 37.3 Å². The molecule has 0 bridgehead atoms. The van der Waals surface area contributed by atoms with Crippen LogP contribution in [0.25, 0.3) is 0 Å². The predicted octanol–water partition coefficient (Wildman–Crippen LogP) is 22.0. The normalized spacial score (nSPS) is 14.9. The average molecular weight is 1460 g/mol. The molecule has 0 spiro atoms. The summed E-state index contributed by atoms with van der Waals surface area (Å²) < 4.78 is 68.2. The molecule has 0 amide bonds. The van der Waals surface area contributed by atoms with Crippen LogP contribution in [0.5, 0.6) is 0 Å². The van der Waals surface area contributed by atoms with Gasteiger partial charge in [-0.2, -0.15) is 0 Å². The Bertz CT molecular complexity index is 2650.